The molecule has 0 spiro atoms. The van der Waals surface area contributed by atoms with Crippen LogP contribution in [0.1, 0.15) is 62.8 Å². The summed E-state index contributed by atoms with van der Waals surface area (Å²) in [7, 11) is 9.59. The van der Waals surface area contributed by atoms with Crippen molar-refractivity contribution in [1.29, 1.82) is 0 Å². The summed E-state index contributed by atoms with van der Waals surface area (Å²) < 4.78 is 0. The zero-order valence-electron chi connectivity index (χ0n) is 17.0. The van der Waals surface area contributed by atoms with Crippen molar-refractivity contribution in [3.05, 3.63) is 40.2 Å². The van der Waals surface area contributed by atoms with Crippen LogP contribution in [-0.4, -0.2) is 42.2 Å². The minimum absolute atomic E-state index is 0.00694. The average Bonchev–Trinajstić information content (AvgIpc) is 2.76. The van der Waals surface area contributed by atoms with Gasteiger partial charge in [-0.3, -0.25) is 4.98 Å². The Kier molecular flexibility index (Phi) is 11.0. The molecule has 2 heterocycles. The molecular formula is C21H33Cl2MnN5-2. The molecule has 0 amide bonds. The van der Waals surface area contributed by atoms with Crippen molar-refractivity contribution in [3.63, 3.8) is 0 Å². The molecule has 3 aliphatic rings. The zero-order chi connectivity index (χ0) is 20.3. The van der Waals surface area contributed by atoms with Gasteiger partial charge >= 0.3 is 33.3 Å². The van der Waals surface area contributed by atoms with Gasteiger partial charge in [-0.1, -0.05) is 44.6 Å². The van der Waals surface area contributed by atoms with Gasteiger partial charge in [-0.15, -0.1) is 12.1 Å². The summed E-state index contributed by atoms with van der Waals surface area (Å²) in [5.74, 6) is 0. The number of fused-ring (bicyclic) bond motifs is 4. The number of nitrogens with zero attached hydrogens (tertiary/aromatic N) is 3. The normalized spacial score (nSPS) is 31.1. The zero-order valence-corrected chi connectivity index (χ0v) is 19.7. The standard InChI is InChI=1S/C21H33N5.2ClH.Mn/c1-3-10-20-18(8-1)22-12-13-23-19-9-2-4-11-21(19)25-15-17-7-5-6-16(26-17)14-24-20;;;/h5-7,18-21,24-25H,1-4,8-15H2;2*1H;/q-2;;;+2/p-2/t18-,19-,20-,21-;;;/m1.../s1. The molecule has 2 saturated carbocycles. The van der Waals surface area contributed by atoms with Gasteiger partial charge in [-0.2, -0.15) is 13.1 Å². The molecule has 2 fully saturated rings. The van der Waals surface area contributed by atoms with Crippen molar-refractivity contribution >= 4 is 20.2 Å². The maximum absolute atomic E-state index is 5.03. The molecule has 1 aromatic heterocycles. The fourth-order valence-corrected chi connectivity index (χ4v) is 4.78. The number of rotatable bonds is 0. The Bertz CT molecular complexity index is 549. The Balaban J connectivity index is 0.000000755. The largest absolute Gasteiger partial charge is 0.660 e. The minimum Gasteiger partial charge on any atom is -0.660 e. The first-order valence-corrected chi connectivity index (χ1v) is 14.2. The van der Waals surface area contributed by atoms with Crippen LogP contribution < -0.4 is 10.6 Å². The summed E-state index contributed by atoms with van der Waals surface area (Å²) in [5.41, 5.74) is 2.29. The summed E-state index contributed by atoms with van der Waals surface area (Å²) in [5, 5.41) is 17.5. The first kappa shape index (κ1) is 23.7. The van der Waals surface area contributed by atoms with Gasteiger partial charge in [0.2, 0.25) is 0 Å². The summed E-state index contributed by atoms with van der Waals surface area (Å²) >= 11 is 0.00694. The van der Waals surface area contributed by atoms with Crippen LogP contribution in [0.5, 0.6) is 0 Å². The maximum Gasteiger partial charge on any atom is 0.0545 e. The Labute approximate surface area is 190 Å². The topological polar surface area (TPSA) is 65.2 Å². The molecular weight excluding hydrogens is 448 g/mol. The molecule has 4 rings (SSSR count). The maximum atomic E-state index is 5.03. The molecule has 8 heteroatoms. The van der Waals surface area contributed by atoms with Crippen molar-refractivity contribution in [2.75, 3.05) is 13.1 Å². The van der Waals surface area contributed by atoms with Gasteiger partial charge in [0.05, 0.1) is 11.4 Å². The molecule has 0 saturated heterocycles. The van der Waals surface area contributed by atoms with Crippen LogP contribution in [0.4, 0.5) is 0 Å². The van der Waals surface area contributed by atoms with E-state index in [1.54, 1.807) is 0 Å². The first-order valence-electron chi connectivity index (χ1n) is 10.9. The van der Waals surface area contributed by atoms with Gasteiger partial charge in [0.1, 0.15) is 0 Å². The van der Waals surface area contributed by atoms with Crippen molar-refractivity contribution < 1.29 is 13.1 Å². The molecule has 2 aliphatic carbocycles. The van der Waals surface area contributed by atoms with Crippen molar-refractivity contribution in [3.8, 4) is 0 Å². The molecule has 0 unspecified atom stereocenters. The molecule has 2 bridgehead atoms. The molecule has 5 nitrogen and oxygen atoms in total. The Morgan fingerprint density at radius 2 is 1.24 bits per heavy atom. The second-order valence-corrected chi connectivity index (χ2v) is 10.1. The third-order valence-corrected chi connectivity index (χ3v) is 6.24. The van der Waals surface area contributed by atoms with Crippen LogP contribution >= 0.6 is 20.2 Å². The first-order chi connectivity index (χ1) is 14.3. The van der Waals surface area contributed by atoms with E-state index in [2.05, 4.69) is 28.8 Å². The predicted molar refractivity (Wildman–Crippen MR) is 118 cm³/mol. The Hall–Kier alpha value is 0.0895. The summed E-state index contributed by atoms with van der Waals surface area (Å²) in [6, 6.07) is 8.33. The number of aromatic nitrogens is 1. The van der Waals surface area contributed by atoms with Gasteiger partial charge in [0.15, 0.2) is 0 Å². The van der Waals surface area contributed by atoms with Crippen LogP contribution in [0.15, 0.2) is 18.2 Å². The number of hydrogen-bond acceptors (Lipinski definition) is 3. The van der Waals surface area contributed by atoms with Gasteiger partial charge in [-0.25, -0.2) is 0 Å². The van der Waals surface area contributed by atoms with Crippen LogP contribution in [0.2, 0.25) is 0 Å². The second kappa shape index (κ2) is 13.5. The fourth-order valence-electron chi connectivity index (χ4n) is 4.78. The number of pyridine rings is 1. The van der Waals surface area contributed by atoms with E-state index in [0.717, 1.165) is 37.6 Å². The van der Waals surface area contributed by atoms with Gasteiger partial charge in [0.25, 0.3) is 0 Å². The Morgan fingerprint density at radius 1 is 0.793 bits per heavy atom. The van der Waals surface area contributed by atoms with E-state index in [0.29, 0.717) is 24.2 Å². The van der Waals surface area contributed by atoms with Crippen molar-refractivity contribution in [2.24, 2.45) is 0 Å². The summed E-state index contributed by atoms with van der Waals surface area (Å²) in [6.07, 6.45) is 10.2. The molecule has 0 aromatic carbocycles. The second-order valence-electron chi connectivity index (χ2n) is 8.17. The number of hydrogen-bond donors (Lipinski definition) is 2. The average molecular weight is 481 g/mol. The van der Waals surface area contributed by atoms with Crippen LogP contribution in [0.3, 0.4) is 0 Å². The third-order valence-electron chi connectivity index (χ3n) is 6.24. The quantitative estimate of drug-likeness (QED) is 0.512. The van der Waals surface area contributed by atoms with E-state index < -0.39 is 0 Å². The van der Waals surface area contributed by atoms with E-state index in [1.807, 2.05) is 0 Å². The summed E-state index contributed by atoms with van der Waals surface area (Å²) in [6.45, 7) is 3.47. The molecule has 1 aromatic rings. The predicted octanol–water partition coefficient (Wildman–Crippen LogP) is 5.02. The minimum atomic E-state index is 0.00694. The van der Waals surface area contributed by atoms with E-state index in [1.165, 1.54) is 51.4 Å². The monoisotopic (exact) mass is 480 g/mol. The SMILES string of the molecule is [Cl][Mn][Cl].c1cc2nc(c1)CN[C@@H]1CCCC[C@H]1[N-]CC[N-][C@@H]1CCCC[C@H]1NC2. The number of nitrogens with one attached hydrogen (secondary N) is 2. The van der Waals surface area contributed by atoms with E-state index in [-0.39, 0.29) is 13.1 Å². The molecule has 1 aliphatic heterocycles. The third kappa shape index (κ3) is 7.93. The van der Waals surface area contributed by atoms with E-state index >= 15 is 0 Å². The Morgan fingerprint density at radius 3 is 1.72 bits per heavy atom. The van der Waals surface area contributed by atoms with Crippen LogP contribution in [0.25, 0.3) is 10.6 Å². The number of halogens is 2. The van der Waals surface area contributed by atoms with Crippen molar-refractivity contribution in [2.45, 2.75) is 88.6 Å². The molecule has 2 N–H and O–H groups in total. The van der Waals surface area contributed by atoms with E-state index in [4.69, 9.17) is 35.8 Å². The fraction of sp³-hybridized carbons (Fsp3) is 0.762. The van der Waals surface area contributed by atoms with Crippen LogP contribution in [0, 0.1) is 0 Å². The molecule has 165 valence electrons. The van der Waals surface area contributed by atoms with Gasteiger partial charge < -0.3 is 21.3 Å². The van der Waals surface area contributed by atoms with Gasteiger partial charge in [0, 0.05) is 13.1 Å². The molecule has 29 heavy (non-hydrogen) atoms. The molecule has 4 atom stereocenters. The van der Waals surface area contributed by atoms with Gasteiger partial charge in [-0.05, 0) is 37.1 Å². The van der Waals surface area contributed by atoms with E-state index in [9.17, 15) is 0 Å². The molecule has 0 radical (unpaired) electrons. The van der Waals surface area contributed by atoms with Crippen LogP contribution in [-0.2, 0) is 26.2 Å². The summed E-state index contributed by atoms with van der Waals surface area (Å²) in [4.78, 5) is 4.87. The smallest absolute Gasteiger partial charge is 0.0545 e. The van der Waals surface area contributed by atoms with Crippen molar-refractivity contribution in [1.82, 2.24) is 15.6 Å².